The number of allylic oxidation sites excluding steroid dienone is 2. The minimum atomic E-state index is -0.292. The van der Waals surface area contributed by atoms with Crippen LogP contribution in [0.5, 0.6) is 5.75 Å². The van der Waals surface area contributed by atoms with E-state index < -0.39 is 0 Å². The fraction of sp³-hybridized carbons (Fsp3) is 0.500. The standard InChI is InChI=1S/C30H40O2/c1-3-5-7-9-11-24-12-16-26(17-13-24)27-18-20-28(21-19-27)30(31)32-29-22-14-25(15-23-29)10-8-6-4-2/h14-16,18-24H,3-13,17H2,1-2H3. The zero-order valence-electron chi connectivity index (χ0n) is 20.1. The summed E-state index contributed by atoms with van der Waals surface area (Å²) in [4.78, 5) is 12.6. The SMILES string of the molecule is CCCCCCC1CC=C(c2ccc(C(=O)Oc3ccc(CCCCC)cc3)cc2)CC1. The summed E-state index contributed by atoms with van der Waals surface area (Å²) < 4.78 is 5.58. The number of carbonyl (C=O) groups excluding carboxylic acids is 1. The van der Waals surface area contributed by atoms with Crippen molar-refractivity contribution in [3.8, 4) is 5.75 Å². The average molecular weight is 433 g/mol. The molecule has 0 heterocycles. The Bertz CT molecular complexity index is 845. The number of ether oxygens (including phenoxy) is 1. The smallest absolute Gasteiger partial charge is 0.343 e. The van der Waals surface area contributed by atoms with Crippen LogP contribution in [0.4, 0.5) is 0 Å². The van der Waals surface area contributed by atoms with Crippen LogP contribution in [0.15, 0.2) is 54.6 Å². The third-order valence-corrected chi connectivity index (χ3v) is 6.68. The molecule has 0 aliphatic heterocycles. The van der Waals surface area contributed by atoms with Gasteiger partial charge in [-0.2, -0.15) is 0 Å². The molecule has 172 valence electrons. The number of carbonyl (C=O) groups is 1. The molecule has 1 aliphatic rings. The zero-order valence-corrected chi connectivity index (χ0v) is 20.1. The number of esters is 1. The second-order valence-electron chi connectivity index (χ2n) is 9.29. The normalized spacial score (nSPS) is 15.9. The Balaban J connectivity index is 1.48. The number of rotatable bonds is 12. The minimum Gasteiger partial charge on any atom is -0.423 e. The third kappa shape index (κ3) is 7.65. The summed E-state index contributed by atoms with van der Waals surface area (Å²) in [5, 5.41) is 0. The van der Waals surface area contributed by atoms with Crippen molar-refractivity contribution in [2.45, 2.75) is 90.9 Å². The van der Waals surface area contributed by atoms with E-state index in [-0.39, 0.29) is 5.97 Å². The first-order valence-corrected chi connectivity index (χ1v) is 12.8. The zero-order chi connectivity index (χ0) is 22.6. The molecule has 0 fully saturated rings. The average Bonchev–Trinajstić information content (AvgIpc) is 2.84. The van der Waals surface area contributed by atoms with Crippen LogP contribution in [-0.4, -0.2) is 5.97 Å². The molecule has 0 bridgehead atoms. The van der Waals surface area contributed by atoms with Crippen LogP contribution in [0.3, 0.4) is 0 Å². The molecule has 2 aromatic carbocycles. The van der Waals surface area contributed by atoms with Crippen LogP contribution < -0.4 is 4.74 Å². The van der Waals surface area contributed by atoms with Gasteiger partial charge in [0.1, 0.15) is 5.75 Å². The Morgan fingerprint density at radius 3 is 2.25 bits per heavy atom. The maximum Gasteiger partial charge on any atom is 0.343 e. The fourth-order valence-corrected chi connectivity index (χ4v) is 4.56. The van der Waals surface area contributed by atoms with Crippen LogP contribution in [0.25, 0.3) is 5.57 Å². The molecular weight excluding hydrogens is 392 g/mol. The van der Waals surface area contributed by atoms with Crippen molar-refractivity contribution < 1.29 is 9.53 Å². The Kier molecular flexibility index (Phi) is 10.1. The first-order chi connectivity index (χ1) is 15.7. The van der Waals surface area contributed by atoms with Gasteiger partial charge in [-0.05, 0) is 79.0 Å². The second-order valence-corrected chi connectivity index (χ2v) is 9.29. The highest BCUT2D eigenvalue weighted by Crippen LogP contribution is 2.33. The van der Waals surface area contributed by atoms with Crippen molar-refractivity contribution in [3.05, 3.63) is 71.3 Å². The van der Waals surface area contributed by atoms with Crippen LogP contribution >= 0.6 is 0 Å². The molecule has 2 heteroatoms. The quantitative estimate of drug-likeness (QED) is 0.190. The molecule has 1 atom stereocenters. The molecule has 0 aromatic heterocycles. The van der Waals surface area contributed by atoms with E-state index in [4.69, 9.17) is 4.74 Å². The van der Waals surface area contributed by atoms with E-state index in [1.54, 1.807) is 0 Å². The first kappa shape index (κ1) is 24.3. The predicted molar refractivity (Wildman–Crippen MR) is 135 cm³/mol. The third-order valence-electron chi connectivity index (χ3n) is 6.68. The van der Waals surface area contributed by atoms with E-state index in [1.807, 2.05) is 24.3 Å². The minimum absolute atomic E-state index is 0.292. The van der Waals surface area contributed by atoms with Gasteiger partial charge >= 0.3 is 5.97 Å². The van der Waals surface area contributed by atoms with Gasteiger partial charge in [-0.15, -0.1) is 0 Å². The second kappa shape index (κ2) is 13.3. The van der Waals surface area contributed by atoms with Gasteiger partial charge in [0.15, 0.2) is 0 Å². The summed E-state index contributed by atoms with van der Waals surface area (Å²) in [6.07, 6.45) is 17.6. The molecule has 0 saturated heterocycles. The molecular formula is C30H40O2. The summed E-state index contributed by atoms with van der Waals surface area (Å²) in [7, 11) is 0. The van der Waals surface area contributed by atoms with Gasteiger partial charge in [0.25, 0.3) is 0 Å². The molecule has 2 aromatic rings. The van der Waals surface area contributed by atoms with Gasteiger partial charge in [0.2, 0.25) is 0 Å². The van der Waals surface area contributed by atoms with Crippen LogP contribution in [0.1, 0.15) is 106 Å². The number of hydrogen-bond donors (Lipinski definition) is 0. The highest BCUT2D eigenvalue weighted by molar-refractivity contribution is 5.91. The number of benzene rings is 2. The topological polar surface area (TPSA) is 26.3 Å². The van der Waals surface area contributed by atoms with Crippen LogP contribution in [0, 0.1) is 5.92 Å². The molecule has 0 N–H and O–H groups in total. The highest BCUT2D eigenvalue weighted by Gasteiger charge is 2.16. The Morgan fingerprint density at radius 2 is 1.59 bits per heavy atom. The summed E-state index contributed by atoms with van der Waals surface area (Å²) in [5.74, 6) is 1.17. The lowest BCUT2D eigenvalue weighted by Crippen LogP contribution is -2.09. The van der Waals surface area contributed by atoms with Crippen molar-refractivity contribution in [2.75, 3.05) is 0 Å². The van der Waals surface area contributed by atoms with Crippen molar-refractivity contribution in [1.82, 2.24) is 0 Å². The maximum absolute atomic E-state index is 12.6. The predicted octanol–water partition coefficient (Wildman–Crippen LogP) is 8.79. The molecule has 0 radical (unpaired) electrons. The van der Waals surface area contributed by atoms with Gasteiger partial charge in [-0.1, -0.05) is 89.1 Å². The molecule has 0 spiro atoms. The Hall–Kier alpha value is -2.35. The molecule has 0 amide bonds. The lowest BCUT2D eigenvalue weighted by Gasteiger charge is -2.22. The summed E-state index contributed by atoms with van der Waals surface area (Å²) in [6, 6.07) is 15.9. The molecule has 3 rings (SSSR count). The van der Waals surface area contributed by atoms with E-state index in [1.165, 1.54) is 80.9 Å². The lowest BCUT2D eigenvalue weighted by atomic mass is 9.84. The molecule has 1 unspecified atom stereocenters. The molecule has 2 nitrogen and oxygen atoms in total. The number of aryl methyl sites for hydroxylation is 1. The monoisotopic (exact) mass is 432 g/mol. The van der Waals surface area contributed by atoms with Crippen LogP contribution in [0.2, 0.25) is 0 Å². The van der Waals surface area contributed by atoms with E-state index in [0.717, 1.165) is 18.8 Å². The Labute approximate surface area is 195 Å². The van der Waals surface area contributed by atoms with Crippen LogP contribution in [-0.2, 0) is 6.42 Å². The van der Waals surface area contributed by atoms with Gasteiger partial charge in [-0.25, -0.2) is 4.79 Å². The summed E-state index contributed by atoms with van der Waals surface area (Å²) in [5.41, 5.74) is 4.56. The fourth-order valence-electron chi connectivity index (χ4n) is 4.56. The molecule has 1 aliphatic carbocycles. The summed E-state index contributed by atoms with van der Waals surface area (Å²) in [6.45, 7) is 4.49. The highest BCUT2D eigenvalue weighted by atomic mass is 16.5. The number of unbranched alkanes of at least 4 members (excludes halogenated alkanes) is 5. The van der Waals surface area contributed by atoms with Crippen molar-refractivity contribution in [2.24, 2.45) is 5.92 Å². The first-order valence-electron chi connectivity index (χ1n) is 12.8. The van der Waals surface area contributed by atoms with Crippen molar-refractivity contribution >= 4 is 11.5 Å². The Morgan fingerprint density at radius 1 is 0.875 bits per heavy atom. The van der Waals surface area contributed by atoms with E-state index in [9.17, 15) is 4.79 Å². The lowest BCUT2D eigenvalue weighted by molar-refractivity contribution is 0.0734. The van der Waals surface area contributed by atoms with Crippen molar-refractivity contribution in [1.29, 1.82) is 0 Å². The van der Waals surface area contributed by atoms with E-state index in [2.05, 4.69) is 44.2 Å². The largest absolute Gasteiger partial charge is 0.423 e. The summed E-state index contributed by atoms with van der Waals surface area (Å²) >= 11 is 0. The van der Waals surface area contributed by atoms with E-state index >= 15 is 0 Å². The molecule has 32 heavy (non-hydrogen) atoms. The van der Waals surface area contributed by atoms with Gasteiger partial charge < -0.3 is 4.74 Å². The van der Waals surface area contributed by atoms with E-state index in [0.29, 0.717) is 11.3 Å². The molecule has 0 saturated carbocycles. The van der Waals surface area contributed by atoms with Crippen molar-refractivity contribution in [3.63, 3.8) is 0 Å². The van der Waals surface area contributed by atoms with Gasteiger partial charge in [0, 0.05) is 0 Å². The van der Waals surface area contributed by atoms with Gasteiger partial charge in [-0.3, -0.25) is 0 Å². The number of hydrogen-bond acceptors (Lipinski definition) is 2. The van der Waals surface area contributed by atoms with Gasteiger partial charge in [0.05, 0.1) is 5.56 Å². The maximum atomic E-state index is 12.6.